The van der Waals surface area contributed by atoms with E-state index in [1.807, 2.05) is 13.1 Å². The molecule has 86 valence electrons. The number of carbonyl (C=O) groups is 1. The first-order valence-electron chi connectivity index (χ1n) is 5.71. The van der Waals surface area contributed by atoms with Crippen LogP contribution in [0.3, 0.4) is 0 Å². The van der Waals surface area contributed by atoms with Crippen molar-refractivity contribution < 1.29 is 4.79 Å². The minimum absolute atomic E-state index is 0.0796. The maximum atomic E-state index is 11.8. The summed E-state index contributed by atoms with van der Waals surface area (Å²) in [5.41, 5.74) is 1.38. The van der Waals surface area contributed by atoms with Gasteiger partial charge in [0.1, 0.15) is 5.69 Å². The molecule has 0 bridgehead atoms. The number of carbonyl (C=O) groups excluding carboxylic acids is 1. The van der Waals surface area contributed by atoms with E-state index < -0.39 is 0 Å². The predicted molar refractivity (Wildman–Crippen MR) is 63.5 cm³/mol. The Balaban J connectivity index is 1.91. The molecule has 1 amide bonds. The third-order valence-corrected chi connectivity index (χ3v) is 3.06. The molecule has 0 atom stereocenters. The minimum atomic E-state index is -0.0796. The van der Waals surface area contributed by atoms with Crippen molar-refractivity contribution in [1.82, 2.24) is 10.3 Å². The largest absolute Gasteiger partial charge is 0.388 e. The van der Waals surface area contributed by atoms with Gasteiger partial charge in [-0.05, 0) is 30.9 Å². The second-order valence-corrected chi connectivity index (χ2v) is 4.19. The van der Waals surface area contributed by atoms with Crippen LogP contribution in [-0.4, -0.2) is 24.5 Å². The van der Waals surface area contributed by atoms with Gasteiger partial charge in [0.25, 0.3) is 5.91 Å². The second-order valence-electron chi connectivity index (χ2n) is 4.19. The van der Waals surface area contributed by atoms with Crippen LogP contribution in [0.5, 0.6) is 0 Å². The van der Waals surface area contributed by atoms with Crippen molar-refractivity contribution in [3.63, 3.8) is 0 Å². The maximum Gasteiger partial charge on any atom is 0.269 e. The average molecular weight is 219 g/mol. The fourth-order valence-corrected chi connectivity index (χ4v) is 1.73. The normalized spacial score (nSPS) is 15.3. The molecule has 2 rings (SSSR count). The quantitative estimate of drug-likeness (QED) is 0.809. The summed E-state index contributed by atoms with van der Waals surface area (Å²) in [5.74, 6) is 0.598. The van der Waals surface area contributed by atoms with Gasteiger partial charge in [0, 0.05) is 25.5 Å². The first-order valence-corrected chi connectivity index (χ1v) is 5.71. The summed E-state index contributed by atoms with van der Waals surface area (Å²) in [7, 11) is 1.82. The first-order chi connectivity index (χ1) is 7.79. The topological polar surface area (TPSA) is 54.0 Å². The van der Waals surface area contributed by atoms with Gasteiger partial charge in [-0.1, -0.05) is 6.42 Å². The van der Waals surface area contributed by atoms with E-state index in [0.29, 0.717) is 11.6 Å². The zero-order chi connectivity index (χ0) is 11.4. The number of hydrogen-bond donors (Lipinski definition) is 2. The lowest BCUT2D eigenvalue weighted by molar-refractivity contribution is 0.0934. The van der Waals surface area contributed by atoms with Crippen LogP contribution in [0.1, 0.15) is 29.8 Å². The predicted octanol–water partition coefficient (Wildman–Crippen LogP) is 1.65. The molecule has 0 unspecified atom stereocenters. The Morgan fingerprint density at radius 2 is 2.38 bits per heavy atom. The fourth-order valence-electron chi connectivity index (χ4n) is 1.73. The van der Waals surface area contributed by atoms with Gasteiger partial charge in [-0.15, -0.1) is 0 Å². The van der Waals surface area contributed by atoms with Gasteiger partial charge in [0.15, 0.2) is 0 Å². The van der Waals surface area contributed by atoms with Crippen LogP contribution < -0.4 is 10.6 Å². The molecule has 0 saturated heterocycles. The van der Waals surface area contributed by atoms with Crippen LogP contribution in [0, 0.1) is 5.92 Å². The molecule has 1 fully saturated rings. The van der Waals surface area contributed by atoms with Gasteiger partial charge in [0.05, 0.1) is 0 Å². The SMILES string of the molecule is CNc1ccnc(C(=O)NCC2CCC2)c1. The second kappa shape index (κ2) is 4.96. The molecule has 0 spiro atoms. The van der Waals surface area contributed by atoms with Crippen molar-refractivity contribution in [2.45, 2.75) is 19.3 Å². The number of nitrogens with zero attached hydrogens (tertiary/aromatic N) is 1. The average Bonchev–Trinajstić information content (AvgIpc) is 2.27. The molecule has 16 heavy (non-hydrogen) atoms. The molecule has 1 aliphatic rings. The summed E-state index contributed by atoms with van der Waals surface area (Å²) < 4.78 is 0. The van der Waals surface area contributed by atoms with E-state index in [2.05, 4.69) is 15.6 Å². The Kier molecular flexibility index (Phi) is 3.39. The van der Waals surface area contributed by atoms with Crippen molar-refractivity contribution in [2.75, 3.05) is 18.9 Å². The van der Waals surface area contributed by atoms with Gasteiger partial charge in [-0.3, -0.25) is 9.78 Å². The van der Waals surface area contributed by atoms with Crippen molar-refractivity contribution in [2.24, 2.45) is 5.92 Å². The highest BCUT2D eigenvalue weighted by Crippen LogP contribution is 2.25. The summed E-state index contributed by atoms with van der Waals surface area (Å²) in [5, 5.41) is 5.91. The molecule has 1 aromatic rings. The number of nitrogens with one attached hydrogen (secondary N) is 2. The van der Waals surface area contributed by atoms with Crippen molar-refractivity contribution in [3.05, 3.63) is 24.0 Å². The number of hydrogen-bond acceptors (Lipinski definition) is 3. The van der Waals surface area contributed by atoms with E-state index in [4.69, 9.17) is 0 Å². The van der Waals surface area contributed by atoms with Crippen LogP contribution in [0.25, 0.3) is 0 Å². The molecule has 2 N–H and O–H groups in total. The lowest BCUT2D eigenvalue weighted by Gasteiger charge is -2.25. The highest BCUT2D eigenvalue weighted by atomic mass is 16.1. The van der Waals surface area contributed by atoms with E-state index >= 15 is 0 Å². The van der Waals surface area contributed by atoms with E-state index in [9.17, 15) is 4.79 Å². The Morgan fingerprint density at radius 3 is 3.00 bits per heavy atom. The van der Waals surface area contributed by atoms with Gasteiger partial charge in [0.2, 0.25) is 0 Å². The third-order valence-electron chi connectivity index (χ3n) is 3.06. The molecule has 1 saturated carbocycles. The molecular formula is C12H17N3O. The van der Waals surface area contributed by atoms with Crippen molar-refractivity contribution in [1.29, 1.82) is 0 Å². The zero-order valence-electron chi connectivity index (χ0n) is 9.49. The standard InChI is InChI=1S/C12H17N3O/c1-13-10-5-6-14-11(7-10)12(16)15-8-9-3-2-4-9/h5-7,9H,2-4,8H2,1H3,(H,13,14)(H,15,16). The van der Waals surface area contributed by atoms with Gasteiger partial charge in [-0.25, -0.2) is 0 Å². The molecule has 0 aliphatic heterocycles. The molecule has 1 aromatic heterocycles. The number of rotatable bonds is 4. The summed E-state index contributed by atoms with van der Waals surface area (Å²) in [6.07, 6.45) is 5.42. The molecule has 1 heterocycles. The van der Waals surface area contributed by atoms with Crippen LogP contribution in [0.15, 0.2) is 18.3 Å². The van der Waals surface area contributed by atoms with Crippen LogP contribution in [0.2, 0.25) is 0 Å². The Labute approximate surface area is 95.5 Å². The lowest BCUT2D eigenvalue weighted by Crippen LogP contribution is -2.32. The number of aromatic nitrogens is 1. The van der Waals surface area contributed by atoms with Crippen molar-refractivity contribution in [3.8, 4) is 0 Å². The number of pyridine rings is 1. The maximum absolute atomic E-state index is 11.8. The van der Waals surface area contributed by atoms with Crippen LogP contribution in [0.4, 0.5) is 5.69 Å². The number of anilines is 1. The van der Waals surface area contributed by atoms with Crippen LogP contribution in [-0.2, 0) is 0 Å². The van der Waals surface area contributed by atoms with Crippen LogP contribution >= 0.6 is 0 Å². The lowest BCUT2D eigenvalue weighted by atomic mass is 9.85. The van der Waals surface area contributed by atoms with Crippen molar-refractivity contribution >= 4 is 11.6 Å². The highest BCUT2D eigenvalue weighted by molar-refractivity contribution is 5.93. The monoisotopic (exact) mass is 219 g/mol. The molecule has 1 aliphatic carbocycles. The number of amides is 1. The summed E-state index contributed by atoms with van der Waals surface area (Å²) in [6.45, 7) is 0.782. The minimum Gasteiger partial charge on any atom is -0.388 e. The molecular weight excluding hydrogens is 202 g/mol. The van der Waals surface area contributed by atoms with E-state index in [1.165, 1.54) is 19.3 Å². The Bertz CT molecular complexity index is 374. The summed E-state index contributed by atoms with van der Waals surface area (Å²) in [6, 6.07) is 3.60. The van der Waals surface area contributed by atoms with E-state index in [0.717, 1.165) is 12.2 Å². The molecule has 4 nitrogen and oxygen atoms in total. The van der Waals surface area contributed by atoms with Gasteiger partial charge in [-0.2, -0.15) is 0 Å². The Hall–Kier alpha value is -1.58. The smallest absolute Gasteiger partial charge is 0.269 e. The Morgan fingerprint density at radius 1 is 1.56 bits per heavy atom. The summed E-state index contributed by atoms with van der Waals surface area (Å²) in [4.78, 5) is 15.8. The van der Waals surface area contributed by atoms with E-state index in [-0.39, 0.29) is 5.91 Å². The molecule has 0 radical (unpaired) electrons. The van der Waals surface area contributed by atoms with Gasteiger partial charge >= 0.3 is 0 Å². The first kappa shape index (κ1) is 10.9. The van der Waals surface area contributed by atoms with Gasteiger partial charge < -0.3 is 10.6 Å². The van der Waals surface area contributed by atoms with E-state index in [1.54, 1.807) is 12.3 Å². The molecule has 0 aromatic carbocycles. The molecule has 4 heteroatoms. The third kappa shape index (κ3) is 2.51. The fraction of sp³-hybridized carbons (Fsp3) is 0.500. The summed E-state index contributed by atoms with van der Waals surface area (Å²) >= 11 is 0. The zero-order valence-corrected chi connectivity index (χ0v) is 9.49. The highest BCUT2D eigenvalue weighted by Gasteiger charge is 2.18.